The summed E-state index contributed by atoms with van der Waals surface area (Å²) in [6.45, 7) is 1.14. The highest BCUT2D eigenvalue weighted by molar-refractivity contribution is 5.94. The number of ether oxygens (including phenoxy) is 1. The monoisotopic (exact) mass is 319 g/mol. The van der Waals surface area contributed by atoms with E-state index in [0.717, 1.165) is 11.1 Å². The molecule has 0 unspecified atom stereocenters. The van der Waals surface area contributed by atoms with E-state index in [4.69, 9.17) is 4.74 Å². The number of fused-ring (bicyclic) bond motifs is 1. The maximum atomic E-state index is 12.6. The van der Waals surface area contributed by atoms with Gasteiger partial charge in [-0.2, -0.15) is 0 Å². The summed E-state index contributed by atoms with van der Waals surface area (Å²) in [4.78, 5) is 14.4. The minimum absolute atomic E-state index is 0.0203. The summed E-state index contributed by atoms with van der Waals surface area (Å²) in [7, 11) is 3.50. The van der Waals surface area contributed by atoms with Crippen molar-refractivity contribution in [1.82, 2.24) is 4.90 Å². The Morgan fingerprint density at radius 2 is 1.67 bits per heavy atom. The summed E-state index contributed by atoms with van der Waals surface area (Å²) in [6.07, 6.45) is 0. The molecule has 0 saturated carbocycles. The summed E-state index contributed by atoms with van der Waals surface area (Å²) < 4.78 is 5.10. The Balaban J connectivity index is 1.78. The Kier molecular flexibility index (Phi) is 4.92. The van der Waals surface area contributed by atoms with Crippen LogP contribution in [0.5, 0.6) is 0 Å². The second kappa shape index (κ2) is 7.28. The van der Waals surface area contributed by atoms with Gasteiger partial charge in [-0.3, -0.25) is 4.79 Å². The number of rotatable bonds is 5. The van der Waals surface area contributed by atoms with Gasteiger partial charge in [0.2, 0.25) is 0 Å². The first-order valence-corrected chi connectivity index (χ1v) is 7.99. The fourth-order valence-corrected chi connectivity index (χ4v) is 2.89. The first kappa shape index (κ1) is 16.2. The Morgan fingerprint density at radius 3 is 2.42 bits per heavy atom. The van der Waals surface area contributed by atoms with E-state index in [1.165, 1.54) is 10.8 Å². The quantitative estimate of drug-likeness (QED) is 0.703. The lowest BCUT2D eigenvalue weighted by Crippen LogP contribution is -2.26. The standard InChI is InChI=1S/C21H21NO2/c1-22(21(23)18-12-10-16(11-13-18)15-24-2)14-19-8-5-7-17-6-3-4-9-20(17)19/h3-13H,14-15H2,1-2H3. The highest BCUT2D eigenvalue weighted by atomic mass is 16.5. The number of carbonyl (C=O) groups is 1. The zero-order valence-corrected chi connectivity index (χ0v) is 14.0. The molecular weight excluding hydrogens is 298 g/mol. The molecule has 0 N–H and O–H groups in total. The van der Waals surface area contributed by atoms with Crippen LogP contribution in [0, 0.1) is 0 Å². The number of hydrogen-bond donors (Lipinski definition) is 0. The summed E-state index contributed by atoms with van der Waals surface area (Å²) in [5.41, 5.74) is 2.91. The maximum Gasteiger partial charge on any atom is 0.253 e. The molecule has 122 valence electrons. The zero-order valence-electron chi connectivity index (χ0n) is 14.0. The van der Waals surface area contributed by atoms with Crippen LogP contribution in [-0.4, -0.2) is 25.0 Å². The molecule has 0 aromatic heterocycles. The average molecular weight is 319 g/mol. The van der Waals surface area contributed by atoms with Crippen molar-refractivity contribution in [3.8, 4) is 0 Å². The highest BCUT2D eigenvalue weighted by Gasteiger charge is 2.13. The van der Waals surface area contributed by atoms with Gasteiger partial charge in [0.25, 0.3) is 5.91 Å². The molecule has 24 heavy (non-hydrogen) atoms. The highest BCUT2D eigenvalue weighted by Crippen LogP contribution is 2.20. The third kappa shape index (κ3) is 3.47. The molecule has 0 spiro atoms. The number of benzene rings is 3. The largest absolute Gasteiger partial charge is 0.380 e. The predicted octanol–water partition coefficient (Wildman–Crippen LogP) is 4.26. The minimum Gasteiger partial charge on any atom is -0.380 e. The fraction of sp³-hybridized carbons (Fsp3) is 0.190. The third-order valence-corrected chi connectivity index (χ3v) is 4.15. The molecular formula is C21H21NO2. The molecule has 3 rings (SSSR count). The van der Waals surface area contributed by atoms with Crippen LogP contribution in [-0.2, 0) is 17.9 Å². The molecule has 3 nitrogen and oxygen atoms in total. The van der Waals surface area contributed by atoms with Gasteiger partial charge < -0.3 is 9.64 Å². The first-order chi connectivity index (χ1) is 11.7. The van der Waals surface area contributed by atoms with Crippen LogP contribution in [0.25, 0.3) is 10.8 Å². The second-order valence-electron chi connectivity index (χ2n) is 5.93. The lowest BCUT2D eigenvalue weighted by atomic mass is 10.0. The number of carbonyl (C=O) groups excluding carboxylic acids is 1. The fourth-order valence-electron chi connectivity index (χ4n) is 2.89. The number of nitrogens with zero attached hydrogens (tertiary/aromatic N) is 1. The number of methoxy groups -OCH3 is 1. The molecule has 0 aliphatic heterocycles. The molecule has 0 atom stereocenters. The summed E-state index contributed by atoms with van der Waals surface area (Å²) in [6, 6.07) is 22.0. The van der Waals surface area contributed by atoms with Gasteiger partial charge in [0.15, 0.2) is 0 Å². The van der Waals surface area contributed by atoms with Crippen molar-refractivity contribution in [1.29, 1.82) is 0 Å². The van der Waals surface area contributed by atoms with Crippen LogP contribution >= 0.6 is 0 Å². The van der Waals surface area contributed by atoms with Gasteiger partial charge in [-0.05, 0) is 34.0 Å². The van der Waals surface area contributed by atoms with E-state index in [-0.39, 0.29) is 5.91 Å². The summed E-state index contributed by atoms with van der Waals surface area (Å²) in [5, 5.41) is 2.38. The van der Waals surface area contributed by atoms with Crippen molar-refractivity contribution in [2.45, 2.75) is 13.2 Å². The minimum atomic E-state index is 0.0203. The van der Waals surface area contributed by atoms with Crippen LogP contribution < -0.4 is 0 Å². The molecule has 0 aliphatic carbocycles. The van der Waals surface area contributed by atoms with E-state index in [2.05, 4.69) is 24.3 Å². The van der Waals surface area contributed by atoms with Gasteiger partial charge in [0, 0.05) is 26.3 Å². The molecule has 0 heterocycles. The Labute approximate surface area is 142 Å². The van der Waals surface area contributed by atoms with E-state index in [1.807, 2.05) is 49.5 Å². The van der Waals surface area contributed by atoms with Gasteiger partial charge in [0.05, 0.1) is 6.61 Å². The molecule has 3 heteroatoms. The Bertz CT molecular complexity index is 835. The lowest BCUT2D eigenvalue weighted by molar-refractivity contribution is 0.0785. The number of amides is 1. The zero-order chi connectivity index (χ0) is 16.9. The lowest BCUT2D eigenvalue weighted by Gasteiger charge is -2.19. The normalized spacial score (nSPS) is 10.8. The molecule has 0 aliphatic rings. The van der Waals surface area contributed by atoms with Crippen molar-refractivity contribution in [2.24, 2.45) is 0 Å². The van der Waals surface area contributed by atoms with E-state index in [0.29, 0.717) is 18.7 Å². The average Bonchev–Trinajstić information content (AvgIpc) is 2.62. The smallest absolute Gasteiger partial charge is 0.253 e. The van der Waals surface area contributed by atoms with E-state index >= 15 is 0 Å². The molecule has 3 aromatic rings. The molecule has 0 radical (unpaired) electrons. The summed E-state index contributed by atoms with van der Waals surface area (Å²) in [5.74, 6) is 0.0203. The van der Waals surface area contributed by atoms with Gasteiger partial charge in [0.1, 0.15) is 0 Å². The molecule has 0 fully saturated rings. The molecule has 0 bridgehead atoms. The number of hydrogen-bond acceptors (Lipinski definition) is 2. The van der Waals surface area contributed by atoms with Crippen LogP contribution in [0.15, 0.2) is 66.7 Å². The summed E-state index contributed by atoms with van der Waals surface area (Å²) >= 11 is 0. The Hall–Kier alpha value is -2.65. The molecule has 1 amide bonds. The third-order valence-electron chi connectivity index (χ3n) is 4.15. The van der Waals surface area contributed by atoms with Crippen LogP contribution in [0.4, 0.5) is 0 Å². The van der Waals surface area contributed by atoms with Gasteiger partial charge in [-0.25, -0.2) is 0 Å². The van der Waals surface area contributed by atoms with Crippen LogP contribution in [0.3, 0.4) is 0 Å². The molecule has 3 aromatic carbocycles. The van der Waals surface area contributed by atoms with Gasteiger partial charge in [-0.15, -0.1) is 0 Å². The van der Waals surface area contributed by atoms with Crippen molar-refractivity contribution >= 4 is 16.7 Å². The van der Waals surface area contributed by atoms with Crippen molar-refractivity contribution in [2.75, 3.05) is 14.2 Å². The topological polar surface area (TPSA) is 29.5 Å². The van der Waals surface area contributed by atoms with E-state index in [9.17, 15) is 4.79 Å². The predicted molar refractivity (Wildman–Crippen MR) is 96.9 cm³/mol. The van der Waals surface area contributed by atoms with Gasteiger partial charge in [-0.1, -0.05) is 54.6 Å². The maximum absolute atomic E-state index is 12.6. The van der Waals surface area contributed by atoms with Crippen molar-refractivity contribution in [3.63, 3.8) is 0 Å². The molecule has 0 saturated heterocycles. The van der Waals surface area contributed by atoms with Crippen LogP contribution in [0.2, 0.25) is 0 Å². The van der Waals surface area contributed by atoms with Crippen molar-refractivity contribution < 1.29 is 9.53 Å². The van der Waals surface area contributed by atoms with Crippen LogP contribution in [0.1, 0.15) is 21.5 Å². The van der Waals surface area contributed by atoms with Crippen molar-refractivity contribution in [3.05, 3.63) is 83.4 Å². The van der Waals surface area contributed by atoms with Gasteiger partial charge >= 0.3 is 0 Å². The first-order valence-electron chi connectivity index (χ1n) is 7.99. The SMILES string of the molecule is COCc1ccc(C(=O)N(C)Cc2cccc3ccccc23)cc1. The Morgan fingerprint density at radius 1 is 0.958 bits per heavy atom. The van der Waals surface area contributed by atoms with E-state index in [1.54, 1.807) is 12.0 Å². The van der Waals surface area contributed by atoms with E-state index < -0.39 is 0 Å². The second-order valence-corrected chi connectivity index (χ2v) is 5.93.